The number of ether oxygens (including phenoxy) is 2. The predicted octanol–water partition coefficient (Wildman–Crippen LogP) is 5.86. The average Bonchev–Trinajstić information content (AvgIpc) is 3.33. The topological polar surface area (TPSA) is 103 Å². The summed E-state index contributed by atoms with van der Waals surface area (Å²) in [5.41, 5.74) is 5.16. The van der Waals surface area contributed by atoms with Gasteiger partial charge in [0.1, 0.15) is 40.2 Å². The Kier molecular flexibility index (Phi) is 6.56. The molecule has 1 aromatic heterocycles. The first-order valence-electron chi connectivity index (χ1n) is 12.2. The van der Waals surface area contributed by atoms with E-state index in [4.69, 9.17) is 14.5 Å². The summed E-state index contributed by atoms with van der Waals surface area (Å²) in [7, 11) is 1.94. The van der Waals surface area contributed by atoms with Gasteiger partial charge in [-0.2, -0.15) is 0 Å². The summed E-state index contributed by atoms with van der Waals surface area (Å²) in [5.74, 6) is 2.87. The van der Waals surface area contributed by atoms with E-state index in [9.17, 15) is 14.7 Å². The van der Waals surface area contributed by atoms with Gasteiger partial charge in [-0.1, -0.05) is 12.1 Å². The molecule has 8 nitrogen and oxygen atoms in total. The quantitative estimate of drug-likeness (QED) is 0.308. The zero-order chi connectivity index (χ0) is 27.2. The van der Waals surface area contributed by atoms with Crippen LogP contribution in [0.1, 0.15) is 35.0 Å². The van der Waals surface area contributed by atoms with E-state index in [0.717, 1.165) is 50.9 Å². The second-order valence-corrected chi connectivity index (χ2v) is 11.3. The lowest BCUT2D eigenvalue weighted by Gasteiger charge is -2.18. The van der Waals surface area contributed by atoms with Gasteiger partial charge in [-0.3, -0.25) is 14.9 Å². The second kappa shape index (κ2) is 9.72. The smallest absolute Gasteiger partial charge is 0.286 e. The summed E-state index contributed by atoms with van der Waals surface area (Å²) < 4.78 is 13.3. The summed E-state index contributed by atoms with van der Waals surface area (Å²) in [4.78, 5) is 28.4. The van der Waals surface area contributed by atoms with Crippen LogP contribution < -0.4 is 14.8 Å². The molecule has 0 saturated carbocycles. The molecule has 5 rings (SSSR count). The number of imidazole rings is 1. The number of hydrogen-bond donors (Lipinski definition) is 2. The molecule has 1 atom stereocenters. The first kappa shape index (κ1) is 25.7. The number of phenolic OH excluding ortho intramolecular Hbond substituents is 1. The molecule has 1 aliphatic rings. The standard InChI is InChI=1S/C29H29N3O5S/c1-16-12-24(17(2)18(3)26(16)33)37-21-10-11-22-23(13-21)32(5)25(30-22)15-36-20-8-6-19(7-9-20)14-29(4)27(34)31-28(35)38-29/h6-13,33H,14-15H2,1-5H3,(H,31,34,35)/t29-/m1/s1. The highest BCUT2D eigenvalue weighted by molar-refractivity contribution is 8.16. The number of carbonyl (C=O) groups is 2. The highest BCUT2D eigenvalue weighted by Gasteiger charge is 2.43. The van der Waals surface area contributed by atoms with Gasteiger partial charge in [0.25, 0.3) is 5.24 Å². The molecule has 0 unspecified atom stereocenters. The van der Waals surface area contributed by atoms with Crippen LogP contribution in [-0.2, 0) is 24.9 Å². The van der Waals surface area contributed by atoms with Gasteiger partial charge in [0.2, 0.25) is 5.91 Å². The van der Waals surface area contributed by atoms with Crippen LogP contribution in [0.25, 0.3) is 11.0 Å². The highest BCUT2D eigenvalue weighted by atomic mass is 32.2. The van der Waals surface area contributed by atoms with Gasteiger partial charge in [-0.25, -0.2) is 4.98 Å². The zero-order valence-corrected chi connectivity index (χ0v) is 22.7. The number of fused-ring (bicyclic) bond motifs is 1. The number of phenols is 1. The van der Waals surface area contributed by atoms with E-state index in [-0.39, 0.29) is 17.8 Å². The molecule has 0 bridgehead atoms. The minimum atomic E-state index is -0.798. The van der Waals surface area contributed by atoms with E-state index in [1.54, 1.807) is 6.92 Å². The lowest BCUT2D eigenvalue weighted by Crippen LogP contribution is -2.35. The van der Waals surface area contributed by atoms with Gasteiger partial charge in [0, 0.05) is 13.1 Å². The molecule has 2 N–H and O–H groups in total. The molecule has 2 heterocycles. The van der Waals surface area contributed by atoms with Gasteiger partial charge in [-0.05, 0) is 98.5 Å². The molecule has 3 aromatic carbocycles. The number of imide groups is 1. The van der Waals surface area contributed by atoms with Gasteiger partial charge in [-0.15, -0.1) is 0 Å². The number of nitrogens with zero attached hydrogens (tertiary/aromatic N) is 2. The molecule has 0 aliphatic carbocycles. The lowest BCUT2D eigenvalue weighted by atomic mass is 9.99. The minimum absolute atomic E-state index is 0.258. The second-order valence-electron chi connectivity index (χ2n) is 9.81. The van der Waals surface area contributed by atoms with Crippen molar-refractivity contribution in [3.8, 4) is 23.0 Å². The van der Waals surface area contributed by atoms with E-state index in [2.05, 4.69) is 5.32 Å². The third-order valence-electron chi connectivity index (χ3n) is 7.03. The summed E-state index contributed by atoms with van der Waals surface area (Å²) in [5, 5.41) is 12.2. The Balaban J connectivity index is 1.28. The van der Waals surface area contributed by atoms with Gasteiger partial charge < -0.3 is 19.1 Å². The number of thioether (sulfide) groups is 1. The van der Waals surface area contributed by atoms with Gasteiger partial charge in [0.05, 0.1) is 11.0 Å². The van der Waals surface area contributed by atoms with E-state index >= 15 is 0 Å². The summed E-state index contributed by atoms with van der Waals surface area (Å²) in [6.07, 6.45) is 0.452. The van der Waals surface area contributed by atoms with Crippen LogP contribution in [0.4, 0.5) is 4.79 Å². The summed E-state index contributed by atoms with van der Waals surface area (Å²) in [6.45, 7) is 7.72. The van der Waals surface area contributed by atoms with Crippen LogP contribution in [0.5, 0.6) is 23.0 Å². The van der Waals surface area contributed by atoms with Crippen LogP contribution in [-0.4, -0.2) is 30.6 Å². The Labute approximate surface area is 225 Å². The molecule has 2 amide bonds. The van der Waals surface area contributed by atoms with Crippen molar-refractivity contribution in [1.82, 2.24) is 14.9 Å². The number of aromatic hydroxyl groups is 1. The Morgan fingerprint density at radius 2 is 1.74 bits per heavy atom. The first-order valence-corrected chi connectivity index (χ1v) is 13.0. The van der Waals surface area contributed by atoms with Crippen LogP contribution in [0, 0.1) is 20.8 Å². The van der Waals surface area contributed by atoms with Crippen LogP contribution in [0.3, 0.4) is 0 Å². The van der Waals surface area contributed by atoms with Gasteiger partial charge in [0.15, 0.2) is 0 Å². The van der Waals surface area contributed by atoms with E-state index in [0.29, 0.717) is 29.4 Å². The Hall–Kier alpha value is -3.98. The number of rotatable bonds is 7. The SMILES string of the molecule is Cc1cc(Oc2ccc3nc(COc4ccc(C[C@@]5(C)SC(=O)NC5=O)cc4)n(C)c3c2)c(C)c(C)c1O. The molecule has 38 heavy (non-hydrogen) atoms. The number of amides is 2. The largest absolute Gasteiger partial charge is 0.507 e. The fourth-order valence-corrected chi connectivity index (χ4v) is 5.47. The maximum atomic E-state index is 12.1. The average molecular weight is 532 g/mol. The van der Waals surface area contributed by atoms with E-state index in [1.807, 2.05) is 80.9 Å². The van der Waals surface area contributed by atoms with Crippen molar-refractivity contribution >= 4 is 33.9 Å². The number of aromatic nitrogens is 2. The van der Waals surface area contributed by atoms with Crippen molar-refractivity contribution < 1.29 is 24.2 Å². The third kappa shape index (κ3) is 4.81. The van der Waals surface area contributed by atoms with Crippen molar-refractivity contribution in [2.24, 2.45) is 7.05 Å². The molecule has 9 heteroatoms. The number of carbonyl (C=O) groups excluding carboxylic acids is 2. The van der Waals surface area contributed by atoms with Crippen molar-refractivity contribution in [3.05, 3.63) is 76.6 Å². The Bertz CT molecular complexity index is 1580. The third-order valence-corrected chi connectivity index (χ3v) is 8.10. The van der Waals surface area contributed by atoms with Crippen molar-refractivity contribution in [2.75, 3.05) is 0 Å². The molecule has 0 radical (unpaired) electrons. The fraction of sp³-hybridized carbons (Fsp3) is 0.276. The van der Waals surface area contributed by atoms with Crippen molar-refractivity contribution in [3.63, 3.8) is 0 Å². The lowest BCUT2D eigenvalue weighted by molar-refractivity contribution is -0.121. The van der Waals surface area contributed by atoms with Crippen LogP contribution in [0.2, 0.25) is 0 Å². The number of benzene rings is 3. The molecule has 1 fully saturated rings. The first-order chi connectivity index (χ1) is 18.0. The highest BCUT2D eigenvalue weighted by Crippen LogP contribution is 2.36. The molecule has 1 saturated heterocycles. The van der Waals surface area contributed by atoms with Crippen molar-refractivity contribution in [2.45, 2.75) is 45.5 Å². The number of nitrogens with one attached hydrogen (secondary N) is 1. The van der Waals surface area contributed by atoms with E-state index in [1.165, 1.54) is 0 Å². The van der Waals surface area contributed by atoms with Crippen molar-refractivity contribution in [1.29, 1.82) is 0 Å². The fourth-order valence-electron chi connectivity index (χ4n) is 4.54. The van der Waals surface area contributed by atoms with Gasteiger partial charge >= 0.3 is 0 Å². The maximum Gasteiger partial charge on any atom is 0.286 e. The monoisotopic (exact) mass is 531 g/mol. The van der Waals surface area contributed by atoms with E-state index < -0.39 is 4.75 Å². The summed E-state index contributed by atoms with van der Waals surface area (Å²) >= 11 is 1.03. The number of aryl methyl sites for hydroxylation is 2. The molecular formula is C29H29N3O5S. The van der Waals surface area contributed by atoms with Crippen LogP contribution in [0.15, 0.2) is 48.5 Å². The molecule has 4 aromatic rings. The predicted molar refractivity (Wildman–Crippen MR) is 147 cm³/mol. The summed E-state index contributed by atoms with van der Waals surface area (Å²) in [6, 6.07) is 15.1. The number of hydrogen-bond acceptors (Lipinski definition) is 7. The molecule has 1 aliphatic heterocycles. The molecular weight excluding hydrogens is 502 g/mol. The maximum absolute atomic E-state index is 12.1. The Morgan fingerprint density at radius 3 is 2.42 bits per heavy atom. The zero-order valence-electron chi connectivity index (χ0n) is 21.9. The molecule has 0 spiro atoms. The minimum Gasteiger partial charge on any atom is -0.507 e. The normalized spacial score (nSPS) is 17.2. The van der Waals surface area contributed by atoms with Crippen LogP contribution >= 0.6 is 11.8 Å². The molecule has 196 valence electrons. The Morgan fingerprint density at radius 1 is 1.03 bits per heavy atom.